The molecule has 1 atom stereocenters. The van der Waals surface area contributed by atoms with Gasteiger partial charge in [0.2, 0.25) is 0 Å². The van der Waals surface area contributed by atoms with Crippen LogP contribution in [-0.2, 0) is 0 Å². The second kappa shape index (κ2) is 5.38. The number of nitrogens with two attached hydrogens (primary N) is 1. The first-order valence-electron chi connectivity index (χ1n) is 5.84. The van der Waals surface area contributed by atoms with Gasteiger partial charge in [0, 0.05) is 35.3 Å². The van der Waals surface area contributed by atoms with Crippen molar-refractivity contribution in [3.63, 3.8) is 0 Å². The van der Waals surface area contributed by atoms with E-state index in [0.717, 1.165) is 22.7 Å². The van der Waals surface area contributed by atoms with Gasteiger partial charge in [0.1, 0.15) is 5.01 Å². The number of hydrogen-bond acceptors (Lipinski definition) is 4. The molecule has 0 aromatic carbocycles. The second-order valence-corrected chi connectivity index (χ2v) is 5.08. The summed E-state index contributed by atoms with van der Waals surface area (Å²) in [5, 5.41) is 1.06. The molecule has 0 saturated carbocycles. The van der Waals surface area contributed by atoms with Gasteiger partial charge in [-0.3, -0.25) is 4.98 Å². The molecule has 0 bridgehead atoms. The highest BCUT2D eigenvalue weighted by atomic mass is 32.1. The molecule has 0 aliphatic carbocycles. The van der Waals surface area contributed by atoms with Gasteiger partial charge >= 0.3 is 0 Å². The van der Waals surface area contributed by atoms with Gasteiger partial charge in [-0.2, -0.15) is 0 Å². The van der Waals surface area contributed by atoms with E-state index in [9.17, 15) is 0 Å². The highest BCUT2D eigenvalue weighted by Gasteiger charge is 2.16. The number of rotatable bonds is 4. The Morgan fingerprint density at radius 3 is 2.65 bits per heavy atom. The van der Waals surface area contributed by atoms with Crippen LogP contribution in [0.15, 0.2) is 24.5 Å². The molecule has 0 aliphatic rings. The fourth-order valence-corrected chi connectivity index (χ4v) is 3.13. The molecular formula is C13H17N3S. The Hall–Kier alpha value is -1.26. The third kappa shape index (κ3) is 2.53. The molecule has 2 aromatic rings. The Bertz CT molecular complexity index is 475. The zero-order chi connectivity index (χ0) is 12.3. The van der Waals surface area contributed by atoms with Crippen LogP contribution < -0.4 is 5.73 Å². The van der Waals surface area contributed by atoms with Crippen molar-refractivity contribution in [1.29, 1.82) is 0 Å². The van der Waals surface area contributed by atoms with Crippen LogP contribution >= 0.6 is 11.3 Å². The van der Waals surface area contributed by atoms with E-state index in [1.807, 2.05) is 12.1 Å². The first-order chi connectivity index (χ1) is 8.26. The fraction of sp³-hybridized carbons (Fsp3) is 0.385. The van der Waals surface area contributed by atoms with E-state index >= 15 is 0 Å². The summed E-state index contributed by atoms with van der Waals surface area (Å²) >= 11 is 1.75. The van der Waals surface area contributed by atoms with E-state index in [0.29, 0.717) is 12.5 Å². The molecule has 0 fully saturated rings. The minimum Gasteiger partial charge on any atom is -0.330 e. The molecule has 0 radical (unpaired) electrons. The van der Waals surface area contributed by atoms with Gasteiger partial charge in [0.05, 0.1) is 5.69 Å². The van der Waals surface area contributed by atoms with Crippen LogP contribution in [0.3, 0.4) is 0 Å². The molecule has 1 unspecified atom stereocenters. The normalized spacial score (nSPS) is 12.6. The lowest BCUT2D eigenvalue weighted by Gasteiger charge is -2.09. The summed E-state index contributed by atoms with van der Waals surface area (Å²) < 4.78 is 0. The summed E-state index contributed by atoms with van der Waals surface area (Å²) in [7, 11) is 0. The van der Waals surface area contributed by atoms with Gasteiger partial charge in [0.15, 0.2) is 0 Å². The van der Waals surface area contributed by atoms with Crippen molar-refractivity contribution in [2.75, 3.05) is 6.54 Å². The van der Waals surface area contributed by atoms with Crippen LogP contribution in [0.25, 0.3) is 10.6 Å². The Labute approximate surface area is 106 Å². The topological polar surface area (TPSA) is 51.8 Å². The molecule has 0 saturated heterocycles. The Morgan fingerprint density at radius 2 is 2.06 bits per heavy atom. The summed E-state index contributed by atoms with van der Waals surface area (Å²) in [5.41, 5.74) is 8.04. The molecule has 0 aliphatic heterocycles. The highest BCUT2D eigenvalue weighted by molar-refractivity contribution is 7.15. The van der Waals surface area contributed by atoms with Crippen molar-refractivity contribution >= 4 is 11.3 Å². The molecular weight excluding hydrogens is 230 g/mol. The molecule has 2 rings (SSSR count). The maximum Gasteiger partial charge on any atom is 0.123 e. The van der Waals surface area contributed by atoms with Crippen molar-refractivity contribution in [3.05, 3.63) is 35.1 Å². The Kier molecular flexibility index (Phi) is 3.86. The highest BCUT2D eigenvalue weighted by Crippen LogP contribution is 2.33. The first kappa shape index (κ1) is 12.2. The zero-order valence-electron chi connectivity index (χ0n) is 10.2. The SMILES string of the molecule is CCC(CN)c1sc(-c2ccncc2)nc1C. The lowest BCUT2D eigenvalue weighted by atomic mass is 10.0. The Balaban J connectivity index is 2.37. The molecule has 2 aromatic heterocycles. The molecule has 3 nitrogen and oxygen atoms in total. The van der Waals surface area contributed by atoms with Crippen LogP contribution in [0, 0.1) is 6.92 Å². The average molecular weight is 247 g/mol. The average Bonchev–Trinajstić information content (AvgIpc) is 2.75. The van der Waals surface area contributed by atoms with Crippen LogP contribution in [0.1, 0.15) is 29.8 Å². The number of aryl methyl sites for hydroxylation is 1. The maximum atomic E-state index is 5.80. The van der Waals surface area contributed by atoms with E-state index in [4.69, 9.17) is 5.73 Å². The lowest BCUT2D eigenvalue weighted by Crippen LogP contribution is -2.11. The smallest absolute Gasteiger partial charge is 0.123 e. The minimum atomic E-state index is 0.433. The first-order valence-corrected chi connectivity index (χ1v) is 6.65. The minimum absolute atomic E-state index is 0.433. The molecule has 4 heteroatoms. The van der Waals surface area contributed by atoms with Crippen molar-refractivity contribution in [3.8, 4) is 10.6 Å². The van der Waals surface area contributed by atoms with Gasteiger partial charge in [-0.1, -0.05) is 6.92 Å². The quantitative estimate of drug-likeness (QED) is 0.903. The van der Waals surface area contributed by atoms with Crippen molar-refractivity contribution in [2.45, 2.75) is 26.2 Å². The van der Waals surface area contributed by atoms with Gasteiger partial charge < -0.3 is 5.73 Å². The summed E-state index contributed by atoms with van der Waals surface area (Å²) in [6.45, 7) is 4.92. The molecule has 0 spiro atoms. The van der Waals surface area contributed by atoms with Crippen molar-refractivity contribution in [1.82, 2.24) is 9.97 Å². The number of pyridine rings is 1. The standard InChI is InChI=1S/C13H17N3S/c1-3-10(8-14)12-9(2)16-13(17-12)11-4-6-15-7-5-11/h4-7,10H,3,8,14H2,1-2H3. The van der Waals surface area contributed by atoms with Crippen LogP contribution in [0.4, 0.5) is 0 Å². The van der Waals surface area contributed by atoms with Gasteiger partial charge in [-0.05, 0) is 25.5 Å². The summed E-state index contributed by atoms with van der Waals surface area (Å²) in [4.78, 5) is 9.98. The fourth-order valence-electron chi connectivity index (χ4n) is 1.86. The van der Waals surface area contributed by atoms with Crippen molar-refractivity contribution < 1.29 is 0 Å². The van der Waals surface area contributed by atoms with E-state index in [-0.39, 0.29) is 0 Å². The van der Waals surface area contributed by atoms with Gasteiger partial charge in [-0.25, -0.2) is 4.98 Å². The predicted molar refractivity (Wildman–Crippen MR) is 72.2 cm³/mol. The van der Waals surface area contributed by atoms with Crippen LogP contribution in [0.5, 0.6) is 0 Å². The van der Waals surface area contributed by atoms with Crippen molar-refractivity contribution in [2.24, 2.45) is 5.73 Å². The van der Waals surface area contributed by atoms with Crippen LogP contribution in [-0.4, -0.2) is 16.5 Å². The monoisotopic (exact) mass is 247 g/mol. The maximum absolute atomic E-state index is 5.80. The van der Waals surface area contributed by atoms with E-state index < -0.39 is 0 Å². The largest absolute Gasteiger partial charge is 0.330 e. The summed E-state index contributed by atoms with van der Waals surface area (Å²) in [6, 6.07) is 3.98. The molecule has 0 amide bonds. The number of thiazole rings is 1. The predicted octanol–water partition coefficient (Wildman–Crippen LogP) is 2.97. The molecule has 17 heavy (non-hydrogen) atoms. The van der Waals surface area contributed by atoms with Crippen LogP contribution in [0.2, 0.25) is 0 Å². The number of hydrogen-bond donors (Lipinski definition) is 1. The molecule has 2 N–H and O–H groups in total. The third-order valence-corrected chi connectivity index (χ3v) is 4.28. The van der Waals surface area contributed by atoms with Gasteiger partial charge in [0.25, 0.3) is 0 Å². The summed E-state index contributed by atoms with van der Waals surface area (Å²) in [5.74, 6) is 0.433. The zero-order valence-corrected chi connectivity index (χ0v) is 11.0. The second-order valence-electron chi connectivity index (χ2n) is 4.05. The van der Waals surface area contributed by atoms with Gasteiger partial charge in [-0.15, -0.1) is 11.3 Å². The number of aromatic nitrogens is 2. The molecule has 90 valence electrons. The Morgan fingerprint density at radius 1 is 1.35 bits per heavy atom. The molecule has 2 heterocycles. The third-order valence-electron chi connectivity index (χ3n) is 2.91. The van der Waals surface area contributed by atoms with E-state index in [1.165, 1.54) is 4.88 Å². The number of nitrogens with zero attached hydrogens (tertiary/aromatic N) is 2. The summed E-state index contributed by atoms with van der Waals surface area (Å²) in [6.07, 6.45) is 4.66. The van der Waals surface area contributed by atoms with E-state index in [1.54, 1.807) is 23.7 Å². The lowest BCUT2D eigenvalue weighted by molar-refractivity contribution is 0.680. The van der Waals surface area contributed by atoms with E-state index in [2.05, 4.69) is 23.8 Å².